The first-order chi connectivity index (χ1) is 17.0. The molecule has 0 saturated carbocycles. The fraction of sp³-hybridized carbons (Fsp3) is 0.217. The van der Waals surface area contributed by atoms with Gasteiger partial charge >= 0.3 is 6.18 Å². The number of hydrogen-bond acceptors (Lipinski definition) is 5. The summed E-state index contributed by atoms with van der Waals surface area (Å²) < 4.78 is 40.3. The van der Waals surface area contributed by atoms with Crippen LogP contribution in [0.5, 0.6) is 0 Å². The number of hydrogen-bond donors (Lipinski definition) is 2. The number of allylic oxidation sites excluding steroid dienone is 1. The van der Waals surface area contributed by atoms with E-state index in [1.165, 1.54) is 24.3 Å². The summed E-state index contributed by atoms with van der Waals surface area (Å²) in [6, 6.07) is 8.30. The van der Waals surface area contributed by atoms with E-state index in [2.05, 4.69) is 27.4 Å². The average molecular weight is 558 g/mol. The highest BCUT2D eigenvalue weighted by Gasteiger charge is 2.30. The van der Waals surface area contributed by atoms with Gasteiger partial charge in [-0.3, -0.25) is 9.59 Å². The lowest BCUT2D eigenvalue weighted by molar-refractivity contribution is -0.137. The number of thioether (sulfide) groups is 1. The highest BCUT2D eigenvalue weighted by atomic mass is 35.5. The van der Waals surface area contributed by atoms with E-state index < -0.39 is 29.6 Å². The molecule has 13 heteroatoms. The van der Waals surface area contributed by atoms with Crippen molar-refractivity contribution in [2.75, 3.05) is 11.1 Å². The van der Waals surface area contributed by atoms with Crippen molar-refractivity contribution in [3.8, 4) is 0 Å². The molecule has 2 aromatic carbocycles. The van der Waals surface area contributed by atoms with Crippen LogP contribution in [0.25, 0.3) is 0 Å². The quantitative estimate of drug-likeness (QED) is 0.248. The van der Waals surface area contributed by atoms with E-state index in [1.54, 1.807) is 23.6 Å². The van der Waals surface area contributed by atoms with Gasteiger partial charge in [0.2, 0.25) is 5.91 Å². The molecule has 3 aromatic rings. The number of carbonyl (C=O) groups is 2. The van der Waals surface area contributed by atoms with Crippen LogP contribution in [-0.2, 0) is 17.5 Å². The number of amides is 2. The molecule has 0 saturated heterocycles. The summed E-state index contributed by atoms with van der Waals surface area (Å²) in [5, 5.41) is 14.4. The number of rotatable bonds is 9. The minimum absolute atomic E-state index is 0.0286. The molecule has 3 rings (SSSR count). The van der Waals surface area contributed by atoms with Crippen LogP contribution in [0.3, 0.4) is 0 Å². The zero-order valence-electron chi connectivity index (χ0n) is 18.8. The van der Waals surface area contributed by atoms with E-state index in [4.69, 9.17) is 23.2 Å². The van der Waals surface area contributed by atoms with Gasteiger partial charge in [-0.1, -0.05) is 47.1 Å². The molecular formula is C23H20Cl2F3N5O2S. The standard InChI is InChI=1S/C23H20Cl2F3N5O2S/c1-3-9-33-20(13(2)29-21(35)17-8-7-15(24)11-18(17)25)31-32-22(33)36-12-19(34)30-16-6-4-5-14(10-16)23(26,27)28/h3-8,10-11,13H,1,9,12H2,2H3,(H,29,35)(H,30,34)/t13-/m1/s1. The van der Waals surface area contributed by atoms with Gasteiger partial charge in [0, 0.05) is 17.3 Å². The maximum atomic E-state index is 12.9. The Morgan fingerprint density at radius 1 is 1.19 bits per heavy atom. The van der Waals surface area contributed by atoms with Crippen LogP contribution in [0.2, 0.25) is 10.0 Å². The number of nitrogens with zero attached hydrogens (tertiary/aromatic N) is 3. The molecule has 2 N–H and O–H groups in total. The highest BCUT2D eigenvalue weighted by Crippen LogP contribution is 2.31. The molecule has 0 bridgehead atoms. The molecule has 1 heterocycles. The van der Waals surface area contributed by atoms with Crippen LogP contribution in [0.15, 0.2) is 60.3 Å². The summed E-state index contributed by atoms with van der Waals surface area (Å²) in [6.07, 6.45) is -2.91. The first kappa shape index (κ1) is 27.6. The topological polar surface area (TPSA) is 88.9 Å². The Bertz CT molecular complexity index is 1280. The molecule has 1 atom stereocenters. The van der Waals surface area contributed by atoms with Gasteiger partial charge < -0.3 is 15.2 Å². The molecule has 2 amide bonds. The zero-order chi connectivity index (χ0) is 26.5. The van der Waals surface area contributed by atoms with Gasteiger partial charge in [-0.2, -0.15) is 13.2 Å². The van der Waals surface area contributed by atoms with E-state index in [1.807, 2.05) is 0 Å². The van der Waals surface area contributed by atoms with Crippen molar-refractivity contribution in [2.45, 2.75) is 30.8 Å². The normalized spacial score (nSPS) is 12.2. The number of nitrogens with one attached hydrogen (secondary N) is 2. The fourth-order valence-corrected chi connectivity index (χ4v) is 4.39. The van der Waals surface area contributed by atoms with Gasteiger partial charge in [0.25, 0.3) is 5.91 Å². The number of benzene rings is 2. The minimum Gasteiger partial charge on any atom is -0.342 e. The molecule has 7 nitrogen and oxygen atoms in total. The van der Waals surface area contributed by atoms with Crippen molar-refractivity contribution in [2.24, 2.45) is 0 Å². The molecule has 0 radical (unpaired) electrons. The van der Waals surface area contributed by atoms with E-state index in [-0.39, 0.29) is 22.0 Å². The van der Waals surface area contributed by atoms with Gasteiger partial charge in [0.15, 0.2) is 11.0 Å². The van der Waals surface area contributed by atoms with Gasteiger partial charge in [-0.15, -0.1) is 16.8 Å². The number of alkyl halides is 3. The Kier molecular flexibility index (Phi) is 9.04. The Labute approximate surface area is 219 Å². The predicted molar refractivity (Wildman–Crippen MR) is 133 cm³/mol. The first-order valence-corrected chi connectivity index (χ1v) is 12.1. The van der Waals surface area contributed by atoms with Gasteiger partial charge in [0.1, 0.15) is 0 Å². The van der Waals surface area contributed by atoms with Crippen molar-refractivity contribution in [1.82, 2.24) is 20.1 Å². The second kappa shape index (κ2) is 11.8. The van der Waals surface area contributed by atoms with Gasteiger partial charge in [-0.05, 0) is 43.3 Å². The number of anilines is 1. The molecule has 0 spiro atoms. The second-order valence-corrected chi connectivity index (χ2v) is 9.26. The molecule has 0 aliphatic carbocycles. The van der Waals surface area contributed by atoms with E-state index in [0.29, 0.717) is 22.5 Å². The van der Waals surface area contributed by atoms with Gasteiger partial charge in [-0.25, -0.2) is 0 Å². The maximum Gasteiger partial charge on any atom is 0.416 e. The third kappa shape index (κ3) is 7.02. The SMILES string of the molecule is C=CCn1c(SCC(=O)Nc2cccc(C(F)(F)F)c2)nnc1[C@@H](C)NC(=O)c1ccc(Cl)cc1Cl. The molecule has 0 aliphatic rings. The van der Waals surface area contributed by atoms with Crippen LogP contribution < -0.4 is 10.6 Å². The number of aromatic nitrogens is 3. The summed E-state index contributed by atoms with van der Waals surface area (Å²) >= 11 is 13.0. The largest absolute Gasteiger partial charge is 0.416 e. The molecule has 0 fully saturated rings. The van der Waals surface area contributed by atoms with E-state index in [0.717, 1.165) is 23.9 Å². The lowest BCUT2D eigenvalue weighted by Crippen LogP contribution is -2.29. The van der Waals surface area contributed by atoms with E-state index in [9.17, 15) is 22.8 Å². The van der Waals surface area contributed by atoms with Crippen LogP contribution in [-0.4, -0.2) is 32.3 Å². The molecule has 0 aliphatic heterocycles. The Hall–Kier alpha value is -3.02. The zero-order valence-corrected chi connectivity index (χ0v) is 21.1. The third-order valence-electron chi connectivity index (χ3n) is 4.77. The Morgan fingerprint density at radius 2 is 1.94 bits per heavy atom. The molecular weight excluding hydrogens is 538 g/mol. The van der Waals surface area contributed by atoms with Crippen LogP contribution in [0.4, 0.5) is 18.9 Å². The van der Waals surface area contributed by atoms with Crippen LogP contribution in [0, 0.1) is 0 Å². The third-order valence-corrected chi connectivity index (χ3v) is 6.29. The smallest absolute Gasteiger partial charge is 0.342 e. The monoisotopic (exact) mass is 557 g/mol. The summed E-state index contributed by atoms with van der Waals surface area (Å²) in [4.78, 5) is 25.0. The maximum absolute atomic E-state index is 12.9. The van der Waals surface area contributed by atoms with Crippen molar-refractivity contribution >= 4 is 52.5 Å². The average Bonchev–Trinajstić information content (AvgIpc) is 3.20. The summed E-state index contributed by atoms with van der Waals surface area (Å²) in [5.74, 6) is -0.680. The number of halogens is 5. The highest BCUT2D eigenvalue weighted by molar-refractivity contribution is 7.99. The fourth-order valence-electron chi connectivity index (χ4n) is 3.14. The van der Waals surface area contributed by atoms with Crippen LogP contribution in [0.1, 0.15) is 34.7 Å². The first-order valence-electron chi connectivity index (χ1n) is 10.4. The van der Waals surface area contributed by atoms with Gasteiger partial charge in [0.05, 0.1) is 27.9 Å². The summed E-state index contributed by atoms with van der Waals surface area (Å²) in [5.41, 5.74) is -0.594. The Morgan fingerprint density at radius 3 is 2.61 bits per heavy atom. The summed E-state index contributed by atoms with van der Waals surface area (Å²) in [7, 11) is 0. The lowest BCUT2D eigenvalue weighted by Gasteiger charge is -2.16. The van der Waals surface area contributed by atoms with E-state index >= 15 is 0 Å². The Balaban J connectivity index is 1.68. The molecule has 36 heavy (non-hydrogen) atoms. The summed E-state index contributed by atoms with van der Waals surface area (Å²) in [6.45, 7) is 5.71. The second-order valence-electron chi connectivity index (χ2n) is 7.47. The van der Waals surface area contributed by atoms with Crippen molar-refractivity contribution in [3.05, 3.63) is 82.1 Å². The lowest BCUT2D eigenvalue weighted by atomic mass is 10.2. The molecule has 1 aromatic heterocycles. The van der Waals surface area contributed by atoms with Crippen molar-refractivity contribution < 1.29 is 22.8 Å². The van der Waals surface area contributed by atoms with Crippen molar-refractivity contribution in [1.29, 1.82) is 0 Å². The van der Waals surface area contributed by atoms with Crippen molar-refractivity contribution in [3.63, 3.8) is 0 Å². The number of carbonyl (C=O) groups excluding carboxylic acids is 2. The molecule has 190 valence electrons. The predicted octanol–water partition coefficient (Wildman–Crippen LogP) is 6.01. The van der Waals surface area contributed by atoms with Crippen LogP contribution >= 0.6 is 35.0 Å². The molecule has 0 unspecified atom stereocenters. The minimum atomic E-state index is -4.52.